The number of hydrogen-bond acceptors (Lipinski definition) is 6. The largest absolute Gasteiger partial charge is 0.385 e. The minimum Gasteiger partial charge on any atom is -0.385 e. The summed E-state index contributed by atoms with van der Waals surface area (Å²) in [6.07, 6.45) is 2.24. The Bertz CT molecular complexity index is 1340. The zero-order valence-corrected chi connectivity index (χ0v) is 17.8. The Kier molecular flexibility index (Phi) is 6.17. The van der Waals surface area contributed by atoms with Gasteiger partial charge < -0.3 is 4.74 Å². The summed E-state index contributed by atoms with van der Waals surface area (Å²) >= 11 is 7.34. The van der Waals surface area contributed by atoms with Gasteiger partial charge in [0.25, 0.3) is 11.1 Å². The summed E-state index contributed by atoms with van der Waals surface area (Å²) in [7, 11) is 1.63. The van der Waals surface area contributed by atoms with E-state index < -0.39 is 0 Å². The van der Waals surface area contributed by atoms with Crippen LogP contribution in [0.15, 0.2) is 63.4 Å². The second kappa shape index (κ2) is 8.99. The van der Waals surface area contributed by atoms with Crippen LogP contribution < -0.4 is 11.1 Å². The maximum absolute atomic E-state index is 13.0. The predicted octanol–water partition coefficient (Wildman–Crippen LogP) is 3.39. The molecule has 4 rings (SSSR count). The Labute approximate surface area is 181 Å². The van der Waals surface area contributed by atoms with Gasteiger partial charge in [-0.25, -0.2) is 9.97 Å². The second-order valence-electron chi connectivity index (χ2n) is 6.66. The molecule has 30 heavy (non-hydrogen) atoms. The van der Waals surface area contributed by atoms with Gasteiger partial charge in [0.1, 0.15) is 5.65 Å². The summed E-state index contributed by atoms with van der Waals surface area (Å²) in [5.41, 5.74) is 1.49. The molecule has 3 aromatic heterocycles. The van der Waals surface area contributed by atoms with Crippen molar-refractivity contribution >= 4 is 39.9 Å². The van der Waals surface area contributed by atoms with Crippen molar-refractivity contribution in [3.63, 3.8) is 0 Å². The van der Waals surface area contributed by atoms with E-state index in [4.69, 9.17) is 16.3 Å². The molecule has 0 unspecified atom stereocenters. The predicted molar refractivity (Wildman–Crippen MR) is 119 cm³/mol. The average molecular weight is 443 g/mol. The summed E-state index contributed by atoms with van der Waals surface area (Å²) in [6, 6.07) is 12.2. The third kappa shape index (κ3) is 4.26. The van der Waals surface area contributed by atoms with Crippen LogP contribution in [0.5, 0.6) is 0 Å². The highest BCUT2D eigenvalue weighted by Gasteiger charge is 2.12. The maximum Gasteiger partial charge on any atom is 0.262 e. The summed E-state index contributed by atoms with van der Waals surface area (Å²) in [5.74, 6) is 0.406. The third-order valence-electron chi connectivity index (χ3n) is 4.58. The molecular weight excluding hydrogens is 424 g/mol. The number of rotatable bonds is 7. The van der Waals surface area contributed by atoms with Crippen molar-refractivity contribution < 1.29 is 4.74 Å². The molecule has 7 nitrogen and oxygen atoms in total. The Morgan fingerprint density at radius 2 is 1.97 bits per heavy atom. The van der Waals surface area contributed by atoms with Crippen molar-refractivity contribution in [1.82, 2.24) is 18.9 Å². The molecule has 154 valence electrons. The molecule has 0 aliphatic rings. The molecule has 0 spiro atoms. The van der Waals surface area contributed by atoms with Crippen molar-refractivity contribution in [2.24, 2.45) is 0 Å². The van der Waals surface area contributed by atoms with Crippen molar-refractivity contribution in [3.8, 4) is 0 Å². The van der Waals surface area contributed by atoms with Crippen LogP contribution in [-0.4, -0.2) is 32.7 Å². The summed E-state index contributed by atoms with van der Waals surface area (Å²) in [5, 5.41) is 1.64. The van der Waals surface area contributed by atoms with Gasteiger partial charge in [0.05, 0.1) is 21.6 Å². The fraction of sp³-hybridized carbons (Fsp3) is 0.238. The van der Waals surface area contributed by atoms with Gasteiger partial charge in [-0.3, -0.25) is 18.6 Å². The number of methoxy groups -OCH3 is 1. The lowest BCUT2D eigenvalue weighted by Gasteiger charge is -2.13. The first-order chi connectivity index (χ1) is 14.6. The molecule has 0 saturated carbocycles. The number of para-hydroxylation sites is 1. The SMILES string of the molecule is COCCCn1c(SCc2cc(=O)n3cc(Cl)ccc3n2)nc2ccccc2c1=O. The minimum absolute atomic E-state index is 0.0830. The lowest BCUT2D eigenvalue weighted by molar-refractivity contribution is 0.189. The highest BCUT2D eigenvalue weighted by molar-refractivity contribution is 7.98. The highest BCUT2D eigenvalue weighted by atomic mass is 35.5. The standard InChI is InChI=1S/C21H19ClN4O3S/c1-29-10-4-9-25-20(28)16-5-2-3-6-17(16)24-21(25)30-13-15-11-19(27)26-12-14(22)7-8-18(26)23-15/h2-3,5-8,11-12H,4,9-10,13H2,1H3. The molecular formula is C21H19ClN4O3S. The number of halogens is 1. The molecule has 0 saturated heterocycles. The third-order valence-corrected chi connectivity index (χ3v) is 5.82. The van der Waals surface area contributed by atoms with Crippen molar-refractivity contribution in [2.75, 3.05) is 13.7 Å². The summed E-state index contributed by atoms with van der Waals surface area (Å²) in [4.78, 5) is 34.6. The minimum atomic E-state index is -0.206. The van der Waals surface area contributed by atoms with Crippen LogP contribution in [-0.2, 0) is 17.0 Å². The van der Waals surface area contributed by atoms with E-state index in [0.717, 1.165) is 0 Å². The van der Waals surface area contributed by atoms with E-state index in [-0.39, 0.29) is 11.1 Å². The molecule has 4 aromatic rings. The molecule has 0 aliphatic heterocycles. The van der Waals surface area contributed by atoms with Crippen LogP contribution in [0.4, 0.5) is 0 Å². The molecule has 0 aliphatic carbocycles. The molecule has 9 heteroatoms. The molecule has 0 N–H and O–H groups in total. The Morgan fingerprint density at radius 3 is 2.80 bits per heavy atom. The van der Waals surface area contributed by atoms with Crippen LogP contribution in [0, 0.1) is 0 Å². The first-order valence-corrected chi connectivity index (χ1v) is 10.7. The Balaban J connectivity index is 1.68. The van der Waals surface area contributed by atoms with Crippen molar-refractivity contribution in [3.05, 3.63) is 80.1 Å². The van der Waals surface area contributed by atoms with E-state index in [9.17, 15) is 9.59 Å². The van der Waals surface area contributed by atoms with Crippen LogP contribution in [0.1, 0.15) is 12.1 Å². The smallest absolute Gasteiger partial charge is 0.262 e. The zero-order valence-electron chi connectivity index (χ0n) is 16.2. The van der Waals surface area contributed by atoms with E-state index in [2.05, 4.69) is 9.97 Å². The van der Waals surface area contributed by atoms with Crippen LogP contribution in [0.2, 0.25) is 5.02 Å². The fourth-order valence-corrected chi connectivity index (χ4v) is 4.24. The number of fused-ring (bicyclic) bond motifs is 2. The summed E-state index contributed by atoms with van der Waals surface area (Å²) in [6.45, 7) is 1.05. The molecule has 3 heterocycles. The molecule has 1 aromatic carbocycles. The number of thioether (sulfide) groups is 1. The van der Waals surface area contributed by atoms with Crippen LogP contribution in [0.3, 0.4) is 0 Å². The highest BCUT2D eigenvalue weighted by Crippen LogP contribution is 2.22. The number of hydrogen-bond donors (Lipinski definition) is 0. The van der Waals surface area contributed by atoms with Gasteiger partial charge in [0, 0.05) is 38.3 Å². The van der Waals surface area contributed by atoms with Crippen molar-refractivity contribution in [1.29, 1.82) is 0 Å². The lowest BCUT2D eigenvalue weighted by atomic mass is 10.2. The molecule has 0 amide bonds. The number of aromatic nitrogens is 4. The van der Waals surface area contributed by atoms with E-state index in [1.165, 1.54) is 22.2 Å². The van der Waals surface area contributed by atoms with Crippen molar-refractivity contribution in [2.45, 2.75) is 23.9 Å². The Hall–Kier alpha value is -2.68. The summed E-state index contributed by atoms with van der Waals surface area (Å²) < 4.78 is 8.20. The number of ether oxygens (including phenoxy) is 1. The van der Waals surface area contributed by atoms with E-state index in [1.807, 2.05) is 18.2 Å². The average Bonchev–Trinajstić information content (AvgIpc) is 2.75. The van der Waals surface area contributed by atoms with Gasteiger partial charge in [-0.15, -0.1) is 0 Å². The molecule has 0 radical (unpaired) electrons. The maximum atomic E-state index is 13.0. The molecule has 0 bridgehead atoms. The number of pyridine rings is 1. The van der Waals surface area contributed by atoms with E-state index in [1.54, 1.807) is 36.1 Å². The normalized spacial score (nSPS) is 11.4. The number of benzene rings is 1. The Morgan fingerprint density at radius 1 is 1.13 bits per heavy atom. The monoisotopic (exact) mass is 442 g/mol. The molecule has 0 atom stereocenters. The van der Waals surface area contributed by atoms with Gasteiger partial charge in [-0.05, 0) is 30.7 Å². The first-order valence-electron chi connectivity index (χ1n) is 9.36. The van der Waals surface area contributed by atoms with E-state index in [0.29, 0.717) is 57.7 Å². The topological polar surface area (TPSA) is 78.5 Å². The lowest BCUT2D eigenvalue weighted by Crippen LogP contribution is -2.24. The van der Waals surface area contributed by atoms with Gasteiger partial charge in [-0.2, -0.15) is 0 Å². The van der Waals surface area contributed by atoms with Gasteiger partial charge >= 0.3 is 0 Å². The zero-order chi connectivity index (χ0) is 21.1. The van der Waals surface area contributed by atoms with Crippen LogP contribution in [0.25, 0.3) is 16.6 Å². The molecule has 0 fully saturated rings. The van der Waals surface area contributed by atoms with Gasteiger partial charge in [0.2, 0.25) is 0 Å². The first kappa shape index (κ1) is 20.6. The fourth-order valence-electron chi connectivity index (χ4n) is 3.16. The number of nitrogens with zero attached hydrogens (tertiary/aromatic N) is 4. The van der Waals surface area contributed by atoms with E-state index >= 15 is 0 Å². The van der Waals surface area contributed by atoms with Gasteiger partial charge in [0.15, 0.2) is 5.16 Å². The van der Waals surface area contributed by atoms with Crippen LogP contribution >= 0.6 is 23.4 Å². The second-order valence-corrected chi connectivity index (χ2v) is 8.04. The quantitative estimate of drug-likeness (QED) is 0.248. The van der Waals surface area contributed by atoms with Gasteiger partial charge in [-0.1, -0.05) is 35.5 Å².